The van der Waals surface area contributed by atoms with Gasteiger partial charge in [0.2, 0.25) is 5.91 Å². The molecule has 2 amide bonds. The van der Waals surface area contributed by atoms with E-state index in [1.54, 1.807) is 25.6 Å². The van der Waals surface area contributed by atoms with Crippen molar-refractivity contribution in [1.82, 2.24) is 10.6 Å². The topological polar surface area (TPSA) is 128 Å². The zero-order valence-corrected chi connectivity index (χ0v) is 20.3. The van der Waals surface area contributed by atoms with Gasteiger partial charge in [0, 0.05) is 12.1 Å². The zero-order valence-electron chi connectivity index (χ0n) is 18.7. The second kappa shape index (κ2) is 13.4. The Balaban J connectivity index is 2.78. The minimum atomic E-state index is -3.30. The highest BCUT2D eigenvalue weighted by Gasteiger charge is 2.36. The molecule has 0 bridgehead atoms. The van der Waals surface area contributed by atoms with Crippen molar-refractivity contribution in [2.45, 2.75) is 82.7 Å². The Kier molecular flexibility index (Phi) is 12.1. The predicted octanol–water partition coefficient (Wildman–Crippen LogP) is 2.07. The summed E-state index contributed by atoms with van der Waals surface area (Å²) in [6.45, 7) is 5.70. The molecule has 0 heterocycles. The van der Waals surface area contributed by atoms with E-state index in [0.717, 1.165) is 18.6 Å². The lowest BCUT2D eigenvalue weighted by molar-refractivity contribution is -0.123. The van der Waals surface area contributed by atoms with Crippen LogP contribution in [-0.4, -0.2) is 68.2 Å². The molecule has 1 saturated carbocycles. The number of nitrogens with one attached hydrogen (secondary N) is 2. The van der Waals surface area contributed by atoms with Gasteiger partial charge in [0.1, 0.15) is 0 Å². The summed E-state index contributed by atoms with van der Waals surface area (Å²) in [5.41, 5.74) is 5.98. The Hall–Kier alpha value is -1.00. The van der Waals surface area contributed by atoms with Gasteiger partial charge in [0.15, 0.2) is 9.84 Å². The molecule has 1 aliphatic carbocycles. The van der Waals surface area contributed by atoms with E-state index >= 15 is 0 Å². The van der Waals surface area contributed by atoms with Crippen molar-refractivity contribution in [2.75, 3.05) is 24.4 Å². The highest BCUT2D eigenvalue weighted by atomic mass is 32.2. The average Bonchev–Trinajstić information content (AvgIpc) is 2.67. The van der Waals surface area contributed by atoms with E-state index in [1.165, 1.54) is 0 Å². The molecule has 0 aliphatic heterocycles. The van der Waals surface area contributed by atoms with Gasteiger partial charge in [-0.1, -0.05) is 13.3 Å². The quantitative estimate of drug-likeness (QED) is 0.376. The number of hydrogen-bond donors (Lipinski definition) is 3. The largest absolute Gasteiger partial charge is 0.450 e. The van der Waals surface area contributed by atoms with Gasteiger partial charge < -0.3 is 21.1 Å². The number of thioether (sulfide) groups is 1. The third-order valence-corrected chi connectivity index (χ3v) is 8.47. The van der Waals surface area contributed by atoms with Crippen molar-refractivity contribution in [3.8, 4) is 0 Å². The summed E-state index contributed by atoms with van der Waals surface area (Å²) < 4.78 is 30.3. The van der Waals surface area contributed by atoms with Crippen LogP contribution in [0.15, 0.2) is 0 Å². The molecule has 0 aromatic carbocycles. The number of nitrogens with two attached hydrogens (primary N) is 1. The van der Waals surface area contributed by atoms with E-state index in [0.29, 0.717) is 32.3 Å². The lowest BCUT2D eigenvalue weighted by Crippen LogP contribution is -2.54. The summed E-state index contributed by atoms with van der Waals surface area (Å²) in [5, 5.41) is 5.33. The van der Waals surface area contributed by atoms with Crippen LogP contribution in [-0.2, 0) is 19.4 Å². The number of sulfone groups is 1. The maximum atomic E-state index is 12.6. The Morgan fingerprint density at radius 3 is 2.53 bits per heavy atom. The second-order valence-corrected chi connectivity index (χ2v) is 11.9. The van der Waals surface area contributed by atoms with Gasteiger partial charge in [-0.05, 0) is 63.9 Å². The molecule has 0 saturated heterocycles. The van der Waals surface area contributed by atoms with Crippen LogP contribution in [0.2, 0.25) is 0 Å². The molecular formula is C20H39N3O5S2. The molecule has 0 radical (unpaired) electrons. The van der Waals surface area contributed by atoms with E-state index in [-0.39, 0.29) is 29.7 Å². The Morgan fingerprint density at radius 1 is 1.23 bits per heavy atom. The summed E-state index contributed by atoms with van der Waals surface area (Å²) in [6.07, 6.45) is 5.50. The smallest absolute Gasteiger partial charge is 0.407 e. The second-order valence-electron chi connectivity index (χ2n) is 8.29. The summed E-state index contributed by atoms with van der Waals surface area (Å²) in [4.78, 5) is 24.5. The molecule has 4 N–H and O–H groups in total. The summed E-state index contributed by atoms with van der Waals surface area (Å²) in [5.74, 6) is 0.227. The Bertz CT molecular complexity index is 642. The van der Waals surface area contributed by atoms with Crippen LogP contribution in [0.25, 0.3) is 0 Å². The number of alkyl carbamates (subject to hydrolysis) is 1. The zero-order chi connectivity index (χ0) is 22.7. The van der Waals surface area contributed by atoms with Crippen molar-refractivity contribution in [3.63, 3.8) is 0 Å². The van der Waals surface area contributed by atoms with Crippen molar-refractivity contribution in [2.24, 2.45) is 11.7 Å². The summed E-state index contributed by atoms with van der Waals surface area (Å²) in [6, 6.07) is -1.06. The van der Waals surface area contributed by atoms with Crippen molar-refractivity contribution >= 4 is 33.6 Å². The van der Waals surface area contributed by atoms with Crippen molar-refractivity contribution in [3.05, 3.63) is 0 Å². The van der Waals surface area contributed by atoms with E-state index in [2.05, 4.69) is 10.6 Å². The van der Waals surface area contributed by atoms with Crippen LogP contribution in [0.1, 0.15) is 59.3 Å². The van der Waals surface area contributed by atoms with E-state index in [4.69, 9.17) is 10.5 Å². The molecule has 8 nitrogen and oxygen atoms in total. The van der Waals surface area contributed by atoms with Gasteiger partial charge in [-0.25, -0.2) is 13.2 Å². The summed E-state index contributed by atoms with van der Waals surface area (Å²) >= 11 is 1.63. The maximum absolute atomic E-state index is 12.6. The number of carbonyl (C=O) groups excluding carboxylic acids is 2. The van der Waals surface area contributed by atoms with Gasteiger partial charge in [-0.15, -0.1) is 0 Å². The standard InChI is InChI=1S/C20H39N3O5S2/c1-5-6-10-28-20(25)22-16-7-8-18(23-19(24)17(21)9-11-29-4)15(12-16)13-30(26,27)14(2)3/h14-18H,5-13,21H2,1-4H3,(H,22,25)(H,23,24)/t15-,16+,17-,18-/m0/s1. The first-order valence-electron chi connectivity index (χ1n) is 10.8. The highest BCUT2D eigenvalue weighted by Crippen LogP contribution is 2.28. The SMILES string of the molecule is CCCCOC(=O)N[C@@H]1CC[C@H](NC(=O)[C@@H](N)CCSC)[C@H](CS(=O)(=O)C(C)C)C1. The average molecular weight is 466 g/mol. The van der Waals surface area contributed by atoms with Crippen molar-refractivity contribution in [1.29, 1.82) is 0 Å². The van der Waals surface area contributed by atoms with Crippen LogP contribution in [0, 0.1) is 5.92 Å². The van der Waals surface area contributed by atoms with Crippen LogP contribution >= 0.6 is 11.8 Å². The highest BCUT2D eigenvalue weighted by molar-refractivity contribution is 7.98. The molecule has 4 atom stereocenters. The number of hydrogen-bond acceptors (Lipinski definition) is 7. The molecule has 30 heavy (non-hydrogen) atoms. The minimum Gasteiger partial charge on any atom is -0.450 e. The van der Waals surface area contributed by atoms with E-state index in [9.17, 15) is 18.0 Å². The van der Waals surface area contributed by atoms with Crippen LogP contribution in [0.4, 0.5) is 4.79 Å². The van der Waals surface area contributed by atoms with E-state index in [1.807, 2.05) is 13.2 Å². The lowest BCUT2D eigenvalue weighted by Gasteiger charge is -2.37. The third-order valence-electron chi connectivity index (χ3n) is 5.50. The summed E-state index contributed by atoms with van der Waals surface area (Å²) in [7, 11) is -3.30. The molecular weight excluding hydrogens is 426 g/mol. The minimum absolute atomic E-state index is 0.0290. The molecule has 10 heteroatoms. The van der Waals surface area contributed by atoms with Gasteiger partial charge in [0.25, 0.3) is 0 Å². The monoisotopic (exact) mass is 465 g/mol. The van der Waals surface area contributed by atoms with Crippen LogP contribution < -0.4 is 16.4 Å². The van der Waals surface area contributed by atoms with Crippen LogP contribution in [0.5, 0.6) is 0 Å². The van der Waals surface area contributed by atoms with Crippen LogP contribution in [0.3, 0.4) is 0 Å². The molecule has 176 valence electrons. The molecule has 1 fully saturated rings. The lowest BCUT2D eigenvalue weighted by atomic mass is 9.82. The fraction of sp³-hybridized carbons (Fsp3) is 0.900. The molecule has 0 unspecified atom stereocenters. The number of ether oxygens (including phenoxy) is 1. The molecule has 0 aromatic heterocycles. The van der Waals surface area contributed by atoms with Gasteiger partial charge in [-0.2, -0.15) is 11.8 Å². The first-order valence-corrected chi connectivity index (χ1v) is 13.9. The fourth-order valence-electron chi connectivity index (χ4n) is 3.44. The third kappa shape index (κ3) is 9.43. The maximum Gasteiger partial charge on any atom is 0.407 e. The molecule has 0 aromatic rings. The molecule has 1 rings (SSSR count). The Morgan fingerprint density at radius 2 is 1.93 bits per heavy atom. The molecule has 1 aliphatic rings. The fourth-order valence-corrected chi connectivity index (χ4v) is 5.28. The molecule has 0 spiro atoms. The number of rotatable bonds is 12. The first-order chi connectivity index (χ1) is 14.1. The van der Waals surface area contributed by atoms with Crippen molar-refractivity contribution < 1.29 is 22.7 Å². The Labute approximate surface area is 185 Å². The van der Waals surface area contributed by atoms with Gasteiger partial charge >= 0.3 is 6.09 Å². The number of carbonyl (C=O) groups is 2. The van der Waals surface area contributed by atoms with Gasteiger partial charge in [-0.3, -0.25) is 4.79 Å². The predicted molar refractivity (Wildman–Crippen MR) is 122 cm³/mol. The first kappa shape index (κ1) is 27.0. The number of unbranched alkanes of at least 4 members (excludes halogenated alkanes) is 1. The van der Waals surface area contributed by atoms with Gasteiger partial charge in [0.05, 0.1) is 23.7 Å². The number of amides is 2. The van der Waals surface area contributed by atoms with E-state index < -0.39 is 27.2 Å². The normalized spacial score (nSPS) is 23.1.